The van der Waals surface area contributed by atoms with Crippen LogP contribution in [0.4, 0.5) is 5.69 Å². The maximum absolute atomic E-state index is 12.9. The molecule has 0 saturated carbocycles. The molecule has 1 aromatic heterocycles. The first-order valence-corrected chi connectivity index (χ1v) is 11.6. The fourth-order valence-electron chi connectivity index (χ4n) is 4.61. The van der Waals surface area contributed by atoms with E-state index in [9.17, 15) is 15.0 Å². The molecule has 2 aliphatic heterocycles. The summed E-state index contributed by atoms with van der Waals surface area (Å²) in [7, 11) is 0. The summed E-state index contributed by atoms with van der Waals surface area (Å²) >= 11 is 0. The van der Waals surface area contributed by atoms with Crippen molar-refractivity contribution in [2.45, 2.75) is 37.4 Å². The van der Waals surface area contributed by atoms with Crippen LogP contribution >= 0.6 is 0 Å². The standard InChI is InChI=1S/C25H29N5O4/c31-23(29-13-11-28(12-14-29)19-9-5-2-6-10-19)15-21-24(32)25(33)22(34-21)17-30-16-20(26-27-30)18-7-3-1-4-8-18/h1-10,16,21-22,24-25,32-33H,11-15,17H2. The van der Waals surface area contributed by atoms with Gasteiger partial charge in [0.15, 0.2) is 0 Å². The third kappa shape index (κ3) is 4.82. The largest absolute Gasteiger partial charge is 0.388 e. The van der Waals surface area contributed by atoms with E-state index in [1.807, 2.05) is 48.5 Å². The number of aliphatic hydroxyl groups is 2. The number of rotatable bonds is 6. The summed E-state index contributed by atoms with van der Waals surface area (Å²) in [5.74, 6) is -0.0725. The minimum atomic E-state index is -1.13. The van der Waals surface area contributed by atoms with Crippen LogP contribution in [0.1, 0.15) is 6.42 Å². The zero-order chi connectivity index (χ0) is 23.5. The molecule has 1 amide bonds. The number of para-hydroxylation sites is 1. The number of aromatic nitrogens is 3. The highest BCUT2D eigenvalue weighted by atomic mass is 16.5. The van der Waals surface area contributed by atoms with E-state index in [0.717, 1.165) is 30.0 Å². The second-order valence-electron chi connectivity index (χ2n) is 8.79. The Balaban J connectivity index is 1.14. The van der Waals surface area contributed by atoms with Gasteiger partial charge in [0, 0.05) is 37.4 Å². The molecule has 0 radical (unpaired) electrons. The Labute approximate surface area is 198 Å². The van der Waals surface area contributed by atoms with Crippen molar-refractivity contribution in [2.75, 3.05) is 31.1 Å². The van der Waals surface area contributed by atoms with Crippen molar-refractivity contribution in [3.8, 4) is 11.3 Å². The number of aliphatic hydroxyl groups excluding tert-OH is 2. The third-order valence-corrected chi connectivity index (χ3v) is 6.57. The topological polar surface area (TPSA) is 104 Å². The predicted molar refractivity (Wildman–Crippen MR) is 126 cm³/mol. The molecule has 2 fully saturated rings. The number of nitrogens with zero attached hydrogens (tertiary/aromatic N) is 5. The first-order chi connectivity index (χ1) is 16.6. The molecule has 3 heterocycles. The number of piperazine rings is 1. The molecule has 4 unspecified atom stereocenters. The van der Waals surface area contributed by atoms with Gasteiger partial charge < -0.3 is 24.7 Å². The van der Waals surface area contributed by atoms with Gasteiger partial charge in [0.05, 0.1) is 25.3 Å². The number of ether oxygens (including phenoxy) is 1. The molecule has 178 valence electrons. The van der Waals surface area contributed by atoms with Gasteiger partial charge in [0.25, 0.3) is 0 Å². The van der Waals surface area contributed by atoms with Gasteiger partial charge in [-0.25, -0.2) is 4.68 Å². The molecule has 2 aromatic carbocycles. The van der Waals surface area contributed by atoms with Crippen molar-refractivity contribution in [1.29, 1.82) is 0 Å². The fraction of sp³-hybridized carbons (Fsp3) is 0.400. The SMILES string of the molecule is O=C(CC1OC(Cn2cc(-c3ccccc3)nn2)C(O)C1O)N1CCN(c2ccccc2)CC1. The van der Waals surface area contributed by atoms with Crippen molar-refractivity contribution in [3.05, 3.63) is 66.9 Å². The number of carbonyl (C=O) groups excluding carboxylic acids is 1. The lowest BCUT2D eigenvalue weighted by Crippen LogP contribution is -2.49. The van der Waals surface area contributed by atoms with Crippen LogP contribution < -0.4 is 4.90 Å². The predicted octanol–water partition coefficient (Wildman–Crippen LogP) is 1.17. The molecule has 34 heavy (non-hydrogen) atoms. The van der Waals surface area contributed by atoms with Gasteiger partial charge in [-0.05, 0) is 12.1 Å². The highest BCUT2D eigenvalue weighted by Gasteiger charge is 2.44. The van der Waals surface area contributed by atoms with Crippen LogP contribution in [-0.2, 0) is 16.1 Å². The van der Waals surface area contributed by atoms with E-state index in [1.54, 1.807) is 15.8 Å². The van der Waals surface area contributed by atoms with Crippen LogP contribution in [0.5, 0.6) is 0 Å². The molecule has 5 rings (SSSR count). The molecule has 4 atom stereocenters. The smallest absolute Gasteiger partial charge is 0.225 e. The summed E-state index contributed by atoms with van der Waals surface area (Å²) in [6.45, 7) is 2.97. The zero-order valence-corrected chi connectivity index (χ0v) is 18.8. The van der Waals surface area contributed by atoms with Gasteiger partial charge in [-0.1, -0.05) is 53.7 Å². The van der Waals surface area contributed by atoms with Gasteiger partial charge >= 0.3 is 0 Å². The summed E-state index contributed by atoms with van der Waals surface area (Å²) in [6.07, 6.45) is -1.84. The van der Waals surface area contributed by atoms with Gasteiger partial charge in [-0.2, -0.15) is 0 Å². The van der Waals surface area contributed by atoms with Crippen LogP contribution in [-0.4, -0.2) is 86.6 Å². The van der Waals surface area contributed by atoms with Crippen molar-refractivity contribution >= 4 is 11.6 Å². The average Bonchev–Trinajstić information content (AvgIpc) is 3.46. The Hall–Kier alpha value is -3.27. The van der Waals surface area contributed by atoms with Gasteiger partial charge in [-0.3, -0.25) is 4.79 Å². The normalized spacial score (nSPS) is 25.0. The monoisotopic (exact) mass is 463 g/mol. The Morgan fingerprint density at radius 1 is 0.912 bits per heavy atom. The second-order valence-corrected chi connectivity index (χ2v) is 8.79. The van der Waals surface area contributed by atoms with Crippen LogP contribution in [0.15, 0.2) is 66.9 Å². The molecule has 2 saturated heterocycles. The van der Waals surface area contributed by atoms with Crippen LogP contribution in [0.3, 0.4) is 0 Å². The summed E-state index contributed by atoms with van der Waals surface area (Å²) in [6, 6.07) is 19.8. The molecule has 0 bridgehead atoms. The van der Waals surface area contributed by atoms with E-state index < -0.39 is 24.4 Å². The molecule has 2 aliphatic rings. The molecule has 9 nitrogen and oxygen atoms in total. The lowest BCUT2D eigenvalue weighted by molar-refractivity contribution is -0.135. The molecule has 0 spiro atoms. The fourth-order valence-corrected chi connectivity index (χ4v) is 4.61. The van der Waals surface area contributed by atoms with Crippen molar-refractivity contribution in [2.24, 2.45) is 0 Å². The second kappa shape index (κ2) is 9.92. The lowest BCUT2D eigenvalue weighted by atomic mass is 10.0. The molecular weight excluding hydrogens is 434 g/mol. The zero-order valence-electron chi connectivity index (χ0n) is 18.8. The van der Waals surface area contributed by atoms with Crippen LogP contribution in [0.25, 0.3) is 11.3 Å². The van der Waals surface area contributed by atoms with Crippen molar-refractivity contribution < 1.29 is 19.7 Å². The van der Waals surface area contributed by atoms with Gasteiger partial charge in [-0.15, -0.1) is 5.10 Å². The maximum atomic E-state index is 12.9. The number of anilines is 1. The van der Waals surface area contributed by atoms with E-state index in [2.05, 4.69) is 27.3 Å². The highest BCUT2D eigenvalue weighted by molar-refractivity contribution is 5.77. The molecule has 2 N–H and O–H groups in total. The Morgan fingerprint density at radius 2 is 1.56 bits per heavy atom. The Bertz CT molecular complexity index is 1080. The molecule has 3 aromatic rings. The van der Waals surface area contributed by atoms with Crippen molar-refractivity contribution in [1.82, 2.24) is 19.9 Å². The third-order valence-electron chi connectivity index (χ3n) is 6.57. The summed E-state index contributed by atoms with van der Waals surface area (Å²) < 4.78 is 7.50. The maximum Gasteiger partial charge on any atom is 0.225 e. The average molecular weight is 464 g/mol. The quantitative estimate of drug-likeness (QED) is 0.566. The van der Waals surface area contributed by atoms with E-state index >= 15 is 0 Å². The van der Waals surface area contributed by atoms with Gasteiger partial charge in [0.1, 0.15) is 24.0 Å². The first-order valence-electron chi connectivity index (χ1n) is 11.6. The number of hydrogen-bond acceptors (Lipinski definition) is 7. The Morgan fingerprint density at radius 3 is 2.26 bits per heavy atom. The van der Waals surface area contributed by atoms with E-state index in [4.69, 9.17) is 4.74 Å². The Kier molecular flexibility index (Phi) is 6.57. The minimum absolute atomic E-state index is 0.0344. The van der Waals surface area contributed by atoms with Crippen molar-refractivity contribution in [3.63, 3.8) is 0 Å². The highest BCUT2D eigenvalue weighted by Crippen LogP contribution is 2.26. The minimum Gasteiger partial charge on any atom is -0.388 e. The summed E-state index contributed by atoms with van der Waals surface area (Å²) in [5, 5.41) is 29.4. The molecule has 0 aliphatic carbocycles. The number of amides is 1. The lowest BCUT2D eigenvalue weighted by Gasteiger charge is -2.36. The van der Waals surface area contributed by atoms with Gasteiger partial charge in [0.2, 0.25) is 5.91 Å². The number of hydrogen-bond donors (Lipinski definition) is 2. The molecular formula is C25H29N5O4. The number of benzene rings is 2. The van der Waals surface area contributed by atoms with Crippen LogP contribution in [0, 0.1) is 0 Å². The van der Waals surface area contributed by atoms with E-state index in [-0.39, 0.29) is 18.9 Å². The van der Waals surface area contributed by atoms with E-state index in [1.165, 1.54) is 0 Å². The number of carbonyl (C=O) groups is 1. The molecule has 9 heteroatoms. The van der Waals surface area contributed by atoms with E-state index in [0.29, 0.717) is 13.1 Å². The van der Waals surface area contributed by atoms with Crippen LogP contribution in [0.2, 0.25) is 0 Å². The summed E-state index contributed by atoms with van der Waals surface area (Å²) in [5.41, 5.74) is 2.81. The summed E-state index contributed by atoms with van der Waals surface area (Å²) in [4.78, 5) is 16.9. The first kappa shape index (κ1) is 22.5.